The van der Waals surface area contributed by atoms with Gasteiger partial charge in [-0.1, -0.05) is 32.0 Å². The Kier molecular flexibility index (Phi) is 3.96. The second-order valence-electron chi connectivity index (χ2n) is 4.04. The average molecular weight is 193 g/mol. The number of phenols is 1. The van der Waals surface area contributed by atoms with Crippen LogP contribution < -0.4 is 5.32 Å². The maximum Gasteiger partial charge on any atom is 0.120 e. The van der Waals surface area contributed by atoms with Crippen LogP contribution in [0.1, 0.15) is 26.3 Å². The van der Waals surface area contributed by atoms with Gasteiger partial charge in [0.2, 0.25) is 0 Å². The first-order chi connectivity index (χ1) is 6.61. The molecule has 2 heteroatoms. The average Bonchev–Trinajstić information content (AvgIpc) is 2.16. The topological polar surface area (TPSA) is 32.3 Å². The predicted octanol–water partition coefficient (Wildman–Crippen LogP) is 2.53. The Bertz CT molecular complexity index is 283. The number of hydrogen-bond donors (Lipinski definition) is 2. The van der Waals surface area contributed by atoms with Crippen molar-refractivity contribution in [2.75, 3.05) is 0 Å². The normalized spacial score (nSPS) is 13.1. The molecule has 0 saturated heterocycles. The van der Waals surface area contributed by atoms with Gasteiger partial charge in [0.25, 0.3) is 0 Å². The molecule has 0 aliphatic heterocycles. The van der Waals surface area contributed by atoms with Crippen molar-refractivity contribution in [3.63, 3.8) is 0 Å². The summed E-state index contributed by atoms with van der Waals surface area (Å²) in [5, 5.41) is 12.9. The third-order valence-electron chi connectivity index (χ3n) is 2.61. The van der Waals surface area contributed by atoms with E-state index in [0.29, 0.717) is 17.7 Å². The van der Waals surface area contributed by atoms with E-state index in [0.717, 1.165) is 12.1 Å². The van der Waals surface area contributed by atoms with Crippen LogP contribution in [0.4, 0.5) is 0 Å². The van der Waals surface area contributed by atoms with Crippen molar-refractivity contribution in [3.05, 3.63) is 29.8 Å². The number of benzene rings is 1. The van der Waals surface area contributed by atoms with E-state index in [-0.39, 0.29) is 0 Å². The Morgan fingerprint density at radius 2 is 1.86 bits per heavy atom. The molecule has 1 atom stereocenters. The minimum absolute atomic E-state index is 0.371. The molecule has 1 aromatic rings. The summed E-state index contributed by atoms with van der Waals surface area (Å²) in [6.07, 6.45) is 0. The Labute approximate surface area is 86.0 Å². The Morgan fingerprint density at radius 3 is 2.43 bits per heavy atom. The van der Waals surface area contributed by atoms with Gasteiger partial charge in [-0.3, -0.25) is 0 Å². The van der Waals surface area contributed by atoms with Crippen LogP contribution in [-0.4, -0.2) is 11.1 Å². The largest absolute Gasteiger partial charge is 0.508 e. The lowest BCUT2D eigenvalue weighted by Gasteiger charge is -2.17. The van der Waals surface area contributed by atoms with Gasteiger partial charge >= 0.3 is 0 Å². The number of aromatic hydroxyl groups is 1. The van der Waals surface area contributed by atoms with Gasteiger partial charge in [-0.15, -0.1) is 0 Å². The monoisotopic (exact) mass is 193 g/mol. The van der Waals surface area contributed by atoms with Gasteiger partial charge in [-0.05, 0) is 18.9 Å². The van der Waals surface area contributed by atoms with Crippen molar-refractivity contribution < 1.29 is 5.11 Å². The molecule has 0 aliphatic carbocycles. The molecule has 0 fully saturated rings. The number of rotatable bonds is 4. The first kappa shape index (κ1) is 11.1. The number of nitrogens with one attached hydrogen (secondary N) is 1. The third kappa shape index (κ3) is 3.04. The fourth-order valence-corrected chi connectivity index (χ4v) is 1.17. The van der Waals surface area contributed by atoms with E-state index in [1.54, 1.807) is 6.07 Å². The van der Waals surface area contributed by atoms with E-state index in [9.17, 15) is 5.11 Å². The van der Waals surface area contributed by atoms with Crippen molar-refractivity contribution >= 4 is 0 Å². The number of phenolic OH excluding ortho intramolecular Hbond substituents is 1. The van der Waals surface area contributed by atoms with Crippen LogP contribution in [0.3, 0.4) is 0 Å². The predicted molar refractivity (Wildman–Crippen MR) is 59.2 cm³/mol. The van der Waals surface area contributed by atoms with Gasteiger partial charge in [0.05, 0.1) is 0 Å². The van der Waals surface area contributed by atoms with Crippen molar-refractivity contribution in [2.24, 2.45) is 5.92 Å². The molecule has 0 aliphatic rings. The summed E-state index contributed by atoms with van der Waals surface area (Å²) in [5.41, 5.74) is 0.958. The smallest absolute Gasteiger partial charge is 0.120 e. The van der Waals surface area contributed by atoms with E-state index in [1.807, 2.05) is 18.2 Å². The highest BCUT2D eigenvalue weighted by Crippen LogP contribution is 2.15. The molecule has 1 rings (SSSR count). The van der Waals surface area contributed by atoms with E-state index in [1.165, 1.54) is 0 Å². The van der Waals surface area contributed by atoms with E-state index < -0.39 is 0 Å². The van der Waals surface area contributed by atoms with Crippen LogP contribution in [0.25, 0.3) is 0 Å². The molecule has 0 bridgehead atoms. The molecule has 0 amide bonds. The molecular weight excluding hydrogens is 174 g/mol. The van der Waals surface area contributed by atoms with Crippen LogP contribution in [-0.2, 0) is 6.54 Å². The van der Waals surface area contributed by atoms with Gasteiger partial charge in [0.1, 0.15) is 5.75 Å². The molecule has 0 aromatic heterocycles. The van der Waals surface area contributed by atoms with Crippen molar-refractivity contribution in [1.82, 2.24) is 5.32 Å². The first-order valence-corrected chi connectivity index (χ1v) is 5.11. The molecule has 2 nitrogen and oxygen atoms in total. The lowest BCUT2D eigenvalue weighted by atomic mass is 10.1. The standard InChI is InChI=1S/C12H19NO/c1-9(2)10(3)13-8-11-6-4-5-7-12(11)14/h4-7,9-10,13-14H,8H2,1-3H3/t10-/m1/s1. The fourth-order valence-electron chi connectivity index (χ4n) is 1.17. The summed E-state index contributed by atoms with van der Waals surface area (Å²) in [7, 11) is 0. The Hall–Kier alpha value is -1.02. The van der Waals surface area contributed by atoms with Crippen LogP contribution in [0.15, 0.2) is 24.3 Å². The SMILES string of the molecule is CC(C)[C@@H](C)NCc1ccccc1O. The van der Waals surface area contributed by atoms with Crippen molar-refractivity contribution in [1.29, 1.82) is 0 Å². The molecular formula is C12H19NO. The minimum Gasteiger partial charge on any atom is -0.508 e. The van der Waals surface area contributed by atoms with Crippen LogP contribution in [0.2, 0.25) is 0 Å². The third-order valence-corrected chi connectivity index (χ3v) is 2.61. The van der Waals surface area contributed by atoms with Gasteiger partial charge in [-0.25, -0.2) is 0 Å². The molecule has 0 saturated carbocycles. The van der Waals surface area contributed by atoms with Crippen molar-refractivity contribution in [3.8, 4) is 5.75 Å². The zero-order chi connectivity index (χ0) is 10.6. The molecule has 14 heavy (non-hydrogen) atoms. The molecule has 0 radical (unpaired) electrons. The fraction of sp³-hybridized carbons (Fsp3) is 0.500. The highest BCUT2D eigenvalue weighted by Gasteiger charge is 2.06. The molecule has 0 unspecified atom stereocenters. The quantitative estimate of drug-likeness (QED) is 0.770. The zero-order valence-corrected chi connectivity index (χ0v) is 9.12. The zero-order valence-electron chi connectivity index (χ0n) is 9.12. The highest BCUT2D eigenvalue weighted by molar-refractivity contribution is 5.31. The maximum atomic E-state index is 9.52. The molecule has 0 heterocycles. The second kappa shape index (κ2) is 5.01. The summed E-state index contributed by atoms with van der Waals surface area (Å²) in [5.74, 6) is 0.983. The second-order valence-corrected chi connectivity index (χ2v) is 4.04. The number of para-hydroxylation sites is 1. The summed E-state index contributed by atoms with van der Waals surface area (Å²) >= 11 is 0. The van der Waals surface area contributed by atoms with Gasteiger partial charge in [0.15, 0.2) is 0 Å². The lowest BCUT2D eigenvalue weighted by Crippen LogP contribution is -2.30. The van der Waals surface area contributed by atoms with Crippen molar-refractivity contribution in [2.45, 2.75) is 33.4 Å². The number of hydrogen-bond acceptors (Lipinski definition) is 2. The summed E-state index contributed by atoms with van der Waals surface area (Å²) < 4.78 is 0. The molecule has 2 N–H and O–H groups in total. The molecule has 78 valence electrons. The van der Waals surface area contributed by atoms with E-state index in [2.05, 4.69) is 26.1 Å². The van der Waals surface area contributed by atoms with Crippen LogP contribution >= 0.6 is 0 Å². The summed E-state index contributed by atoms with van der Waals surface area (Å²) in [4.78, 5) is 0. The van der Waals surface area contributed by atoms with Gasteiger partial charge < -0.3 is 10.4 Å². The molecule has 0 spiro atoms. The highest BCUT2D eigenvalue weighted by atomic mass is 16.3. The molecule has 1 aromatic carbocycles. The Morgan fingerprint density at radius 1 is 1.21 bits per heavy atom. The Balaban J connectivity index is 2.50. The van der Waals surface area contributed by atoms with E-state index in [4.69, 9.17) is 0 Å². The van der Waals surface area contributed by atoms with Gasteiger partial charge in [0, 0.05) is 18.2 Å². The summed E-state index contributed by atoms with van der Waals surface area (Å²) in [6, 6.07) is 7.91. The van der Waals surface area contributed by atoms with Crippen LogP contribution in [0, 0.1) is 5.92 Å². The van der Waals surface area contributed by atoms with Gasteiger partial charge in [-0.2, -0.15) is 0 Å². The first-order valence-electron chi connectivity index (χ1n) is 5.11. The lowest BCUT2D eigenvalue weighted by molar-refractivity contribution is 0.415. The summed E-state index contributed by atoms with van der Waals surface area (Å²) in [6.45, 7) is 7.25. The maximum absolute atomic E-state index is 9.52. The van der Waals surface area contributed by atoms with E-state index >= 15 is 0 Å². The minimum atomic E-state index is 0.371. The van der Waals surface area contributed by atoms with Crippen LogP contribution in [0.5, 0.6) is 5.75 Å².